The van der Waals surface area contributed by atoms with Gasteiger partial charge < -0.3 is 14.5 Å². The second-order valence-electron chi connectivity index (χ2n) is 8.72. The fourth-order valence-corrected chi connectivity index (χ4v) is 4.12. The molecule has 0 radical (unpaired) electrons. The topological polar surface area (TPSA) is 49.9 Å². The van der Waals surface area contributed by atoms with Gasteiger partial charge in [-0.3, -0.25) is 9.59 Å². The normalized spacial score (nSPS) is 16.6. The van der Waals surface area contributed by atoms with E-state index in [0.29, 0.717) is 31.2 Å². The molecular formula is C26H34N2O3. The quantitative estimate of drug-likeness (QED) is 0.662. The number of nitrogens with zero attached hydrogens (tertiary/aromatic N) is 2. The fraction of sp³-hybridized carbons (Fsp3) is 0.462. The van der Waals surface area contributed by atoms with Gasteiger partial charge in [-0.1, -0.05) is 50.2 Å². The Morgan fingerprint density at radius 1 is 1.13 bits per heavy atom. The highest BCUT2D eigenvalue weighted by Gasteiger charge is 2.32. The van der Waals surface area contributed by atoms with Crippen molar-refractivity contribution in [1.29, 1.82) is 0 Å². The van der Waals surface area contributed by atoms with Gasteiger partial charge >= 0.3 is 0 Å². The molecule has 5 heteroatoms. The minimum Gasteiger partial charge on any atom is -0.481 e. The van der Waals surface area contributed by atoms with Crippen molar-refractivity contribution >= 4 is 11.8 Å². The molecule has 5 nitrogen and oxygen atoms in total. The van der Waals surface area contributed by atoms with E-state index in [4.69, 9.17) is 4.74 Å². The summed E-state index contributed by atoms with van der Waals surface area (Å²) in [6, 6.07) is 16.0. The van der Waals surface area contributed by atoms with Gasteiger partial charge in [0, 0.05) is 26.6 Å². The lowest BCUT2D eigenvalue weighted by atomic mass is 9.87. The Labute approximate surface area is 186 Å². The molecule has 1 heterocycles. The van der Waals surface area contributed by atoms with Gasteiger partial charge in [0.2, 0.25) is 5.91 Å². The molecule has 0 spiro atoms. The monoisotopic (exact) mass is 422 g/mol. The highest BCUT2D eigenvalue weighted by atomic mass is 16.5. The third kappa shape index (κ3) is 5.27. The Bertz CT molecular complexity index is 910. The van der Waals surface area contributed by atoms with Gasteiger partial charge in [-0.15, -0.1) is 0 Å². The maximum absolute atomic E-state index is 13.1. The largest absolute Gasteiger partial charge is 0.481 e. The van der Waals surface area contributed by atoms with E-state index in [2.05, 4.69) is 32.0 Å². The van der Waals surface area contributed by atoms with Crippen molar-refractivity contribution in [2.24, 2.45) is 5.92 Å². The van der Waals surface area contributed by atoms with Crippen LogP contribution in [0.1, 0.15) is 56.8 Å². The third-order valence-corrected chi connectivity index (χ3v) is 5.88. The molecule has 1 aliphatic heterocycles. The molecule has 2 atom stereocenters. The lowest BCUT2D eigenvalue weighted by Gasteiger charge is -2.38. The van der Waals surface area contributed by atoms with Crippen molar-refractivity contribution in [2.75, 3.05) is 20.1 Å². The number of amides is 2. The number of benzene rings is 2. The standard InChI is InChI=1S/C26H34N2O3/c1-6-27(5)26(30)19(4)31-22-13-12-20-14-15-28(24(29)16-18(2)3)25(23(20)17-22)21-10-8-7-9-11-21/h7-13,17-19,25H,6,14-16H2,1-5H3. The molecule has 0 aliphatic carbocycles. The first-order valence-corrected chi connectivity index (χ1v) is 11.2. The van der Waals surface area contributed by atoms with Crippen LogP contribution in [-0.4, -0.2) is 47.9 Å². The summed E-state index contributed by atoms with van der Waals surface area (Å²) in [6.07, 6.45) is 0.778. The van der Waals surface area contributed by atoms with Crippen LogP contribution in [0.2, 0.25) is 0 Å². The van der Waals surface area contributed by atoms with E-state index in [1.54, 1.807) is 18.9 Å². The van der Waals surface area contributed by atoms with Crippen molar-refractivity contribution in [2.45, 2.75) is 52.7 Å². The lowest BCUT2D eigenvalue weighted by Crippen LogP contribution is -2.41. The number of carbonyl (C=O) groups is 2. The van der Waals surface area contributed by atoms with Crippen LogP contribution in [0.4, 0.5) is 0 Å². The molecule has 2 unspecified atom stereocenters. The smallest absolute Gasteiger partial charge is 0.263 e. The first-order chi connectivity index (χ1) is 14.8. The molecule has 31 heavy (non-hydrogen) atoms. The highest BCUT2D eigenvalue weighted by Crippen LogP contribution is 2.38. The minimum atomic E-state index is -0.569. The second-order valence-corrected chi connectivity index (χ2v) is 8.72. The van der Waals surface area contributed by atoms with Gasteiger partial charge in [0.1, 0.15) is 5.75 Å². The number of carbonyl (C=O) groups excluding carboxylic acids is 2. The van der Waals surface area contributed by atoms with Crippen LogP contribution in [0.3, 0.4) is 0 Å². The van der Waals surface area contributed by atoms with Crippen LogP contribution < -0.4 is 4.74 Å². The van der Waals surface area contributed by atoms with Crippen molar-refractivity contribution in [1.82, 2.24) is 9.80 Å². The summed E-state index contributed by atoms with van der Waals surface area (Å²) in [5.41, 5.74) is 3.39. The molecular weight excluding hydrogens is 388 g/mol. The van der Waals surface area contributed by atoms with Crippen LogP contribution >= 0.6 is 0 Å². The summed E-state index contributed by atoms with van der Waals surface area (Å²) < 4.78 is 6.02. The van der Waals surface area contributed by atoms with Crippen LogP contribution in [0, 0.1) is 5.92 Å². The van der Waals surface area contributed by atoms with E-state index in [1.165, 1.54) is 5.56 Å². The Hall–Kier alpha value is -2.82. The Morgan fingerprint density at radius 2 is 1.84 bits per heavy atom. The van der Waals surface area contributed by atoms with Crippen LogP contribution in [0.5, 0.6) is 5.75 Å². The van der Waals surface area contributed by atoms with Crippen molar-refractivity contribution in [3.63, 3.8) is 0 Å². The first kappa shape index (κ1) is 22.9. The van der Waals surface area contributed by atoms with Crippen LogP contribution in [-0.2, 0) is 16.0 Å². The highest BCUT2D eigenvalue weighted by molar-refractivity contribution is 5.80. The average Bonchev–Trinajstić information content (AvgIpc) is 2.77. The van der Waals surface area contributed by atoms with Crippen molar-refractivity contribution in [3.05, 3.63) is 65.2 Å². The number of hydrogen-bond acceptors (Lipinski definition) is 3. The maximum Gasteiger partial charge on any atom is 0.263 e. The number of ether oxygens (including phenoxy) is 1. The fourth-order valence-electron chi connectivity index (χ4n) is 4.12. The minimum absolute atomic E-state index is 0.0476. The number of fused-ring (bicyclic) bond motifs is 1. The molecule has 166 valence electrons. The van der Waals surface area contributed by atoms with E-state index in [1.807, 2.05) is 42.2 Å². The molecule has 0 saturated heterocycles. The Balaban J connectivity index is 1.95. The lowest BCUT2D eigenvalue weighted by molar-refractivity contribution is -0.136. The number of likely N-dealkylation sites (N-methyl/N-ethyl adjacent to an activating group) is 1. The molecule has 2 amide bonds. The van der Waals surface area contributed by atoms with E-state index in [9.17, 15) is 9.59 Å². The molecule has 0 bridgehead atoms. The zero-order chi connectivity index (χ0) is 22.5. The Morgan fingerprint density at radius 3 is 2.48 bits per heavy atom. The first-order valence-electron chi connectivity index (χ1n) is 11.2. The second kappa shape index (κ2) is 9.99. The third-order valence-electron chi connectivity index (χ3n) is 5.88. The van der Waals surface area contributed by atoms with E-state index >= 15 is 0 Å². The molecule has 2 aromatic carbocycles. The summed E-state index contributed by atoms with van der Waals surface area (Å²) >= 11 is 0. The average molecular weight is 423 g/mol. The summed E-state index contributed by atoms with van der Waals surface area (Å²) in [4.78, 5) is 29.2. The van der Waals surface area contributed by atoms with E-state index < -0.39 is 6.10 Å². The molecule has 3 rings (SSSR count). The van der Waals surface area contributed by atoms with Gasteiger partial charge in [-0.25, -0.2) is 0 Å². The van der Waals surface area contributed by atoms with Crippen molar-refractivity contribution < 1.29 is 14.3 Å². The molecule has 0 aromatic heterocycles. The van der Waals surface area contributed by atoms with Gasteiger partial charge in [0.05, 0.1) is 6.04 Å². The zero-order valence-corrected chi connectivity index (χ0v) is 19.3. The van der Waals surface area contributed by atoms with Gasteiger partial charge in [-0.2, -0.15) is 0 Å². The summed E-state index contributed by atoms with van der Waals surface area (Å²) in [7, 11) is 1.78. The SMILES string of the molecule is CCN(C)C(=O)C(C)Oc1ccc2c(c1)C(c1ccccc1)N(C(=O)CC(C)C)CC2. The predicted octanol–water partition coefficient (Wildman–Crippen LogP) is 4.45. The molecule has 0 N–H and O–H groups in total. The molecule has 1 aliphatic rings. The molecule has 0 saturated carbocycles. The summed E-state index contributed by atoms with van der Waals surface area (Å²) in [6.45, 7) is 9.21. The predicted molar refractivity (Wildman–Crippen MR) is 123 cm³/mol. The van der Waals surface area contributed by atoms with E-state index in [-0.39, 0.29) is 17.9 Å². The summed E-state index contributed by atoms with van der Waals surface area (Å²) in [5.74, 6) is 1.09. The Kier molecular flexibility index (Phi) is 7.37. The van der Waals surface area contributed by atoms with Crippen LogP contribution in [0.15, 0.2) is 48.5 Å². The van der Waals surface area contributed by atoms with Gasteiger partial charge in [0.15, 0.2) is 6.10 Å². The maximum atomic E-state index is 13.1. The number of rotatable bonds is 7. The summed E-state index contributed by atoms with van der Waals surface area (Å²) in [5, 5.41) is 0. The van der Waals surface area contributed by atoms with Crippen LogP contribution in [0.25, 0.3) is 0 Å². The van der Waals surface area contributed by atoms with Gasteiger partial charge in [0.25, 0.3) is 5.91 Å². The molecule has 2 aromatic rings. The van der Waals surface area contributed by atoms with E-state index in [0.717, 1.165) is 17.5 Å². The molecule has 0 fully saturated rings. The van der Waals surface area contributed by atoms with Gasteiger partial charge in [-0.05, 0) is 55.0 Å². The zero-order valence-electron chi connectivity index (χ0n) is 19.3. The number of hydrogen-bond donors (Lipinski definition) is 0. The van der Waals surface area contributed by atoms with Crippen molar-refractivity contribution in [3.8, 4) is 5.75 Å².